The molecule has 0 N–H and O–H groups in total. The fraction of sp³-hybridized carbons (Fsp3) is 0.857. The monoisotopic (exact) mass is 114 g/mol. The lowest BCUT2D eigenvalue weighted by Gasteiger charge is -2.01. The van der Waals surface area contributed by atoms with Crippen LogP contribution in [0.5, 0.6) is 0 Å². The van der Waals surface area contributed by atoms with Crippen LogP contribution in [-0.2, 0) is 4.79 Å². The first-order valence-electron chi connectivity index (χ1n) is 3.24. The van der Waals surface area contributed by atoms with Crippen LogP contribution in [0.15, 0.2) is 0 Å². The molecule has 0 amide bonds. The third kappa shape index (κ3) is 3.85. The molecule has 0 aromatic heterocycles. The Balaban J connectivity index is 3.03. The molecule has 8 heavy (non-hydrogen) atoms. The average Bonchev–Trinajstić information content (AvgIpc) is 1.68. The van der Waals surface area contributed by atoms with Crippen LogP contribution < -0.4 is 0 Å². The third-order valence-corrected chi connectivity index (χ3v) is 1.28. The molecule has 0 saturated carbocycles. The summed E-state index contributed by atoms with van der Waals surface area (Å²) in [5.74, 6) is 0.595. The van der Waals surface area contributed by atoms with Gasteiger partial charge in [0.2, 0.25) is 0 Å². The van der Waals surface area contributed by atoms with Crippen molar-refractivity contribution in [1.29, 1.82) is 0 Å². The van der Waals surface area contributed by atoms with Crippen molar-refractivity contribution in [1.82, 2.24) is 0 Å². The number of hydrogen-bond acceptors (Lipinski definition) is 1. The number of hydrogen-bond donors (Lipinski definition) is 0. The van der Waals surface area contributed by atoms with E-state index in [-0.39, 0.29) is 0 Å². The second kappa shape index (κ2) is 4.82. The first-order valence-corrected chi connectivity index (χ1v) is 3.24. The van der Waals surface area contributed by atoms with Crippen molar-refractivity contribution in [2.75, 3.05) is 0 Å². The van der Waals surface area contributed by atoms with Gasteiger partial charge >= 0.3 is 0 Å². The molecule has 0 aliphatic rings. The van der Waals surface area contributed by atoms with Gasteiger partial charge in [-0.15, -0.1) is 0 Å². The number of carbonyl (C=O) groups excluding carboxylic acids is 1. The van der Waals surface area contributed by atoms with Crippen LogP contribution in [0.4, 0.5) is 0 Å². The SMILES string of the molecule is CCC[C@H](C)CC=O. The van der Waals surface area contributed by atoms with Crippen LogP contribution in [0.3, 0.4) is 0 Å². The minimum atomic E-state index is 0.595. The molecule has 0 heterocycles. The van der Waals surface area contributed by atoms with Gasteiger partial charge in [-0.25, -0.2) is 0 Å². The zero-order valence-electron chi connectivity index (χ0n) is 5.68. The fourth-order valence-corrected chi connectivity index (χ4v) is 0.775. The molecule has 0 aromatic carbocycles. The van der Waals surface area contributed by atoms with E-state index in [0.29, 0.717) is 5.92 Å². The molecule has 0 aromatic rings. The predicted molar refractivity (Wildman–Crippen MR) is 34.8 cm³/mol. The number of aldehydes is 1. The van der Waals surface area contributed by atoms with Crippen LogP contribution in [0.1, 0.15) is 33.1 Å². The van der Waals surface area contributed by atoms with Crippen LogP contribution >= 0.6 is 0 Å². The van der Waals surface area contributed by atoms with E-state index in [1.165, 1.54) is 12.8 Å². The first kappa shape index (κ1) is 7.67. The van der Waals surface area contributed by atoms with Crippen LogP contribution in [0, 0.1) is 5.92 Å². The highest BCUT2D eigenvalue weighted by Crippen LogP contribution is 2.06. The van der Waals surface area contributed by atoms with E-state index in [9.17, 15) is 4.79 Å². The normalized spacial score (nSPS) is 13.2. The Bertz CT molecular complexity index is 59.4. The zero-order valence-corrected chi connectivity index (χ0v) is 5.68. The third-order valence-electron chi connectivity index (χ3n) is 1.28. The summed E-state index contributed by atoms with van der Waals surface area (Å²) in [6.07, 6.45) is 4.10. The highest BCUT2D eigenvalue weighted by atomic mass is 16.1. The van der Waals surface area contributed by atoms with E-state index in [0.717, 1.165) is 12.7 Å². The molecule has 0 spiro atoms. The summed E-state index contributed by atoms with van der Waals surface area (Å²) < 4.78 is 0. The van der Waals surface area contributed by atoms with E-state index >= 15 is 0 Å². The summed E-state index contributed by atoms with van der Waals surface area (Å²) in [5.41, 5.74) is 0. The summed E-state index contributed by atoms with van der Waals surface area (Å²) in [5, 5.41) is 0. The Morgan fingerprint density at radius 1 is 1.62 bits per heavy atom. The first-order chi connectivity index (χ1) is 3.81. The van der Waals surface area contributed by atoms with E-state index in [1.807, 2.05) is 0 Å². The molecular weight excluding hydrogens is 100 g/mol. The molecule has 0 aliphatic carbocycles. The van der Waals surface area contributed by atoms with Crippen molar-refractivity contribution in [3.8, 4) is 0 Å². The highest BCUT2D eigenvalue weighted by Gasteiger charge is 1.96. The van der Waals surface area contributed by atoms with Gasteiger partial charge in [0.15, 0.2) is 0 Å². The molecule has 0 unspecified atom stereocenters. The Kier molecular flexibility index (Phi) is 4.62. The van der Waals surface area contributed by atoms with Crippen LogP contribution in [0.25, 0.3) is 0 Å². The summed E-state index contributed by atoms with van der Waals surface area (Å²) >= 11 is 0. The van der Waals surface area contributed by atoms with Gasteiger partial charge in [-0.1, -0.05) is 26.7 Å². The van der Waals surface area contributed by atoms with Crippen molar-refractivity contribution in [3.05, 3.63) is 0 Å². The molecule has 48 valence electrons. The van der Waals surface area contributed by atoms with Gasteiger partial charge in [-0.2, -0.15) is 0 Å². The predicted octanol–water partition coefficient (Wildman–Crippen LogP) is 2.01. The van der Waals surface area contributed by atoms with E-state index in [4.69, 9.17) is 0 Å². The summed E-state index contributed by atoms with van der Waals surface area (Å²) in [4.78, 5) is 9.89. The summed E-state index contributed by atoms with van der Waals surface area (Å²) in [6, 6.07) is 0. The van der Waals surface area contributed by atoms with Gasteiger partial charge in [0.05, 0.1) is 0 Å². The van der Waals surface area contributed by atoms with Crippen molar-refractivity contribution >= 4 is 6.29 Å². The maximum atomic E-state index is 9.89. The van der Waals surface area contributed by atoms with Crippen molar-refractivity contribution in [2.45, 2.75) is 33.1 Å². The van der Waals surface area contributed by atoms with Crippen molar-refractivity contribution in [2.24, 2.45) is 5.92 Å². The molecule has 1 atom stereocenters. The molecule has 0 saturated heterocycles. The maximum absolute atomic E-state index is 9.89. The molecule has 0 aliphatic heterocycles. The lowest BCUT2D eigenvalue weighted by Crippen LogP contribution is -1.92. The van der Waals surface area contributed by atoms with E-state index in [2.05, 4.69) is 13.8 Å². The second-order valence-electron chi connectivity index (χ2n) is 2.30. The average molecular weight is 114 g/mol. The van der Waals surface area contributed by atoms with Crippen LogP contribution in [-0.4, -0.2) is 6.29 Å². The number of rotatable bonds is 4. The van der Waals surface area contributed by atoms with Crippen molar-refractivity contribution in [3.63, 3.8) is 0 Å². The van der Waals surface area contributed by atoms with E-state index < -0.39 is 0 Å². The minimum Gasteiger partial charge on any atom is -0.303 e. The van der Waals surface area contributed by atoms with Crippen LogP contribution in [0.2, 0.25) is 0 Å². The Hall–Kier alpha value is -0.330. The smallest absolute Gasteiger partial charge is 0.120 e. The van der Waals surface area contributed by atoms with Gasteiger partial charge in [0.1, 0.15) is 6.29 Å². The molecule has 1 heteroatoms. The summed E-state index contributed by atoms with van der Waals surface area (Å²) in [7, 11) is 0. The highest BCUT2D eigenvalue weighted by molar-refractivity contribution is 5.49. The molecule has 0 fully saturated rings. The Morgan fingerprint density at radius 3 is 2.62 bits per heavy atom. The molecule has 1 nitrogen and oxygen atoms in total. The molecular formula is C7H14O. The molecule has 0 radical (unpaired) electrons. The minimum absolute atomic E-state index is 0.595. The Morgan fingerprint density at radius 2 is 2.25 bits per heavy atom. The molecule has 0 rings (SSSR count). The Labute approximate surface area is 51.1 Å². The van der Waals surface area contributed by atoms with Gasteiger partial charge in [0, 0.05) is 6.42 Å². The van der Waals surface area contributed by atoms with Gasteiger partial charge in [0.25, 0.3) is 0 Å². The van der Waals surface area contributed by atoms with E-state index in [1.54, 1.807) is 0 Å². The molecule has 0 bridgehead atoms. The largest absolute Gasteiger partial charge is 0.303 e. The maximum Gasteiger partial charge on any atom is 0.120 e. The fourth-order valence-electron chi connectivity index (χ4n) is 0.775. The van der Waals surface area contributed by atoms with Gasteiger partial charge in [-0.05, 0) is 5.92 Å². The second-order valence-corrected chi connectivity index (χ2v) is 2.30. The lowest BCUT2D eigenvalue weighted by atomic mass is 10.0. The van der Waals surface area contributed by atoms with Crippen molar-refractivity contribution < 1.29 is 4.79 Å². The standard InChI is InChI=1S/C7H14O/c1-3-4-7(2)5-6-8/h6-7H,3-5H2,1-2H3/t7-/m0/s1. The quantitative estimate of drug-likeness (QED) is 0.511. The zero-order chi connectivity index (χ0) is 6.41. The van der Waals surface area contributed by atoms with Gasteiger partial charge in [-0.3, -0.25) is 0 Å². The number of carbonyl (C=O) groups is 1. The van der Waals surface area contributed by atoms with Gasteiger partial charge < -0.3 is 4.79 Å². The topological polar surface area (TPSA) is 17.1 Å². The lowest BCUT2D eigenvalue weighted by molar-refractivity contribution is -0.108. The summed E-state index contributed by atoms with van der Waals surface area (Å²) in [6.45, 7) is 4.25.